The molecule has 0 fully saturated rings. The van der Waals surface area contributed by atoms with E-state index in [0.717, 1.165) is 0 Å². The molecule has 0 saturated heterocycles. The highest BCUT2D eigenvalue weighted by Crippen LogP contribution is 2.29. The molecule has 6 heteroatoms. The van der Waals surface area contributed by atoms with E-state index < -0.39 is 10.9 Å². The molecule has 1 aromatic rings. The lowest BCUT2D eigenvalue weighted by molar-refractivity contribution is -0.385. The van der Waals surface area contributed by atoms with Crippen molar-refractivity contribution in [2.75, 3.05) is 7.11 Å². The Labute approximate surface area is 94.3 Å². The number of ether oxygens (including phenoxy) is 1. The Balaban J connectivity index is 3.46. The predicted octanol–water partition coefficient (Wildman–Crippen LogP) is 2.45. The van der Waals surface area contributed by atoms with Crippen LogP contribution >= 0.6 is 15.9 Å². The van der Waals surface area contributed by atoms with Crippen molar-refractivity contribution in [3.8, 4) is 0 Å². The van der Waals surface area contributed by atoms with Crippen molar-refractivity contribution in [2.45, 2.75) is 6.92 Å². The number of aryl methyl sites for hydroxylation is 1. The molecule has 0 aliphatic heterocycles. The van der Waals surface area contributed by atoms with Gasteiger partial charge in [-0.2, -0.15) is 0 Å². The summed E-state index contributed by atoms with van der Waals surface area (Å²) in [7, 11) is 1.18. The van der Waals surface area contributed by atoms with E-state index in [0.29, 0.717) is 10.0 Å². The van der Waals surface area contributed by atoms with E-state index in [1.54, 1.807) is 13.0 Å². The van der Waals surface area contributed by atoms with Crippen LogP contribution in [0, 0.1) is 17.0 Å². The van der Waals surface area contributed by atoms with Gasteiger partial charge < -0.3 is 4.74 Å². The van der Waals surface area contributed by atoms with Crippen molar-refractivity contribution >= 4 is 27.6 Å². The van der Waals surface area contributed by atoms with Crippen molar-refractivity contribution in [2.24, 2.45) is 0 Å². The van der Waals surface area contributed by atoms with E-state index in [2.05, 4.69) is 20.7 Å². The van der Waals surface area contributed by atoms with Gasteiger partial charge in [-0.05, 0) is 34.5 Å². The van der Waals surface area contributed by atoms with Gasteiger partial charge in [-0.3, -0.25) is 10.1 Å². The summed E-state index contributed by atoms with van der Waals surface area (Å²) in [5.41, 5.74) is 0.378. The van der Waals surface area contributed by atoms with Crippen molar-refractivity contribution in [1.82, 2.24) is 0 Å². The Morgan fingerprint density at radius 2 is 2.13 bits per heavy atom. The number of hydrogen-bond donors (Lipinski definition) is 0. The maximum absolute atomic E-state index is 11.3. The van der Waals surface area contributed by atoms with Gasteiger partial charge in [0.25, 0.3) is 5.69 Å². The molecule has 0 bridgehead atoms. The topological polar surface area (TPSA) is 69.4 Å². The van der Waals surface area contributed by atoms with E-state index in [1.165, 1.54) is 13.2 Å². The fourth-order valence-electron chi connectivity index (χ4n) is 1.17. The molecule has 0 amide bonds. The lowest BCUT2D eigenvalue weighted by atomic mass is 10.1. The normalized spacial score (nSPS) is 9.80. The van der Waals surface area contributed by atoms with Gasteiger partial charge in [0, 0.05) is 10.5 Å². The van der Waals surface area contributed by atoms with Gasteiger partial charge in [-0.15, -0.1) is 0 Å². The minimum atomic E-state index is -0.728. The summed E-state index contributed by atoms with van der Waals surface area (Å²) >= 11 is 3.10. The number of nitro benzene ring substituents is 1. The average molecular weight is 274 g/mol. The molecule has 1 rings (SSSR count). The average Bonchev–Trinajstić information content (AvgIpc) is 2.15. The molecule has 0 heterocycles. The smallest absolute Gasteiger partial charge is 0.346 e. The summed E-state index contributed by atoms with van der Waals surface area (Å²) in [5.74, 6) is -0.728. The number of halogens is 1. The summed E-state index contributed by atoms with van der Waals surface area (Å²) in [6, 6.07) is 2.95. The van der Waals surface area contributed by atoms with Gasteiger partial charge >= 0.3 is 5.97 Å². The lowest BCUT2D eigenvalue weighted by Gasteiger charge is -2.04. The van der Waals surface area contributed by atoms with E-state index in [9.17, 15) is 14.9 Å². The molecule has 0 aromatic heterocycles. The Morgan fingerprint density at radius 1 is 1.53 bits per heavy atom. The number of esters is 1. The fourth-order valence-corrected chi connectivity index (χ4v) is 1.90. The molecular weight excluding hydrogens is 266 g/mol. The number of nitro groups is 1. The Hall–Kier alpha value is -1.43. The molecule has 5 nitrogen and oxygen atoms in total. The molecule has 80 valence electrons. The molecule has 0 aliphatic rings. The Kier molecular flexibility index (Phi) is 3.41. The minimum Gasteiger partial charge on any atom is -0.465 e. The molecule has 0 aliphatic carbocycles. The largest absolute Gasteiger partial charge is 0.465 e. The van der Waals surface area contributed by atoms with Crippen molar-refractivity contribution in [1.29, 1.82) is 0 Å². The molecule has 0 radical (unpaired) electrons. The monoisotopic (exact) mass is 273 g/mol. The van der Waals surface area contributed by atoms with Crippen LogP contribution in [0.1, 0.15) is 15.9 Å². The molecule has 0 N–H and O–H groups in total. The summed E-state index contributed by atoms with van der Waals surface area (Å²) in [5, 5.41) is 10.7. The number of methoxy groups -OCH3 is 1. The van der Waals surface area contributed by atoms with E-state index in [4.69, 9.17) is 0 Å². The first-order valence-electron chi connectivity index (χ1n) is 4.00. The molecule has 15 heavy (non-hydrogen) atoms. The maximum atomic E-state index is 11.3. The summed E-state index contributed by atoms with van der Waals surface area (Å²) < 4.78 is 4.84. The third kappa shape index (κ3) is 2.33. The zero-order valence-electron chi connectivity index (χ0n) is 8.11. The van der Waals surface area contributed by atoms with Crippen LogP contribution < -0.4 is 0 Å². The number of carbonyl (C=O) groups is 1. The zero-order valence-corrected chi connectivity index (χ0v) is 9.70. The van der Waals surface area contributed by atoms with Crippen LogP contribution in [-0.2, 0) is 4.74 Å². The number of nitrogens with zero attached hydrogens (tertiary/aromatic N) is 1. The first-order valence-corrected chi connectivity index (χ1v) is 4.79. The number of benzene rings is 1. The van der Waals surface area contributed by atoms with Crippen molar-refractivity contribution in [3.05, 3.63) is 37.8 Å². The second kappa shape index (κ2) is 4.39. The highest BCUT2D eigenvalue weighted by Gasteiger charge is 2.24. The van der Waals surface area contributed by atoms with Crippen molar-refractivity contribution in [3.63, 3.8) is 0 Å². The quantitative estimate of drug-likeness (QED) is 0.472. The number of rotatable bonds is 2. The van der Waals surface area contributed by atoms with Gasteiger partial charge in [0.2, 0.25) is 0 Å². The zero-order chi connectivity index (χ0) is 11.6. The van der Waals surface area contributed by atoms with E-state index in [1.807, 2.05) is 0 Å². The summed E-state index contributed by atoms with van der Waals surface area (Å²) in [4.78, 5) is 21.4. The van der Waals surface area contributed by atoms with Crippen LogP contribution in [0.5, 0.6) is 0 Å². The SMILES string of the molecule is COC(=O)c1c(Br)cc(C)cc1[N+](=O)[O-]. The van der Waals surface area contributed by atoms with Gasteiger partial charge in [0.05, 0.1) is 12.0 Å². The molecule has 1 aromatic carbocycles. The molecule has 0 saturated carbocycles. The van der Waals surface area contributed by atoms with Crippen molar-refractivity contribution < 1.29 is 14.5 Å². The van der Waals surface area contributed by atoms with Crippen LogP contribution in [-0.4, -0.2) is 18.0 Å². The predicted molar refractivity (Wildman–Crippen MR) is 56.9 cm³/mol. The highest BCUT2D eigenvalue weighted by molar-refractivity contribution is 9.10. The number of hydrogen-bond acceptors (Lipinski definition) is 4. The Morgan fingerprint density at radius 3 is 2.60 bits per heavy atom. The van der Waals surface area contributed by atoms with Gasteiger partial charge in [0.15, 0.2) is 5.56 Å². The lowest BCUT2D eigenvalue weighted by Crippen LogP contribution is -2.07. The van der Waals surface area contributed by atoms with Crippen LogP contribution in [0.2, 0.25) is 0 Å². The van der Waals surface area contributed by atoms with Gasteiger partial charge in [-0.25, -0.2) is 4.79 Å². The van der Waals surface area contributed by atoms with Crippen LogP contribution in [0.25, 0.3) is 0 Å². The molecule has 0 unspecified atom stereocenters. The van der Waals surface area contributed by atoms with Crippen LogP contribution in [0.3, 0.4) is 0 Å². The van der Waals surface area contributed by atoms with E-state index >= 15 is 0 Å². The summed E-state index contributed by atoms with van der Waals surface area (Å²) in [6.45, 7) is 1.71. The molecular formula is C9H8BrNO4. The van der Waals surface area contributed by atoms with E-state index in [-0.39, 0.29) is 11.3 Å². The highest BCUT2D eigenvalue weighted by atomic mass is 79.9. The molecule has 0 atom stereocenters. The number of carbonyl (C=O) groups excluding carboxylic acids is 1. The third-order valence-corrected chi connectivity index (χ3v) is 2.43. The molecule has 0 spiro atoms. The first kappa shape index (κ1) is 11.6. The second-order valence-corrected chi connectivity index (χ2v) is 3.74. The minimum absolute atomic E-state index is 0.0619. The van der Waals surface area contributed by atoms with Crippen LogP contribution in [0.4, 0.5) is 5.69 Å². The maximum Gasteiger partial charge on any atom is 0.346 e. The van der Waals surface area contributed by atoms with Crippen LogP contribution in [0.15, 0.2) is 16.6 Å². The second-order valence-electron chi connectivity index (χ2n) is 2.89. The fraction of sp³-hybridized carbons (Fsp3) is 0.222. The first-order chi connectivity index (χ1) is 6.97. The summed E-state index contributed by atoms with van der Waals surface area (Å²) in [6.07, 6.45) is 0. The third-order valence-electron chi connectivity index (χ3n) is 1.80. The standard InChI is InChI=1S/C9H8BrNO4/c1-5-3-6(10)8(9(12)15-2)7(4-5)11(13)14/h3-4H,1-2H3. The van der Waals surface area contributed by atoms with Gasteiger partial charge in [0.1, 0.15) is 0 Å². The Bertz CT molecular complexity index is 430. The van der Waals surface area contributed by atoms with Gasteiger partial charge in [-0.1, -0.05) is 0 Å².